The van der Waals surface area contributed by atoms with Crippen LogP contribution in [0.5, 0.6) is 0 Å². The molecule has 202 valence electrons. The maximum Gasteiger partial charge on any atom is 0.437 e. The van der Waals surface area contributed by atoms with Gasteiger partial charge in [0.2, 0.25) is 0 Å². The van der Waals surface area contributed by atoms with Gasteiger partial charge in [0.05, 0.1) is 5.71 Å². The van der Waals surface area contributed by atoms with E-state index >= 15 is 0 Å². The van der Waals surface area contributed by atoms with Gasteiger partial charge in [-0.3, -0.25) is 14.5 Å². The van der Waals surface area contributed by atoms with E-state index in [1.54, 1.807) is 0 Å². The summed E-state index contributed by atoms with van der Waals surface area (Å²) in [6.07, 6.45) is 9.94. The lowest BCUT2D eigenvalue weighted by Crippen LogP contribution is -2.51. The summed E-state index contributed by atoms with van der Waals surface area (Å²) in [5.74, 6) is 2.63. The number of amides is 1. The molecule has 7 nitrogen and oxygen atoms in total. The molecular weight excluding hydrogens is 454 g/mol. The number of hydrogen-bond acceptors (Lipinski definition) is 6. The molecule has 36 heavy (non-hydrogen) atoms. The average Bonchev–Trinajstić information content (AvgIpc) is 3.17. The zero-order valence-corrected chi connectivity index (χ0v) is 23.2. The first-order valence-corrected chi connectivity index (χ1v) is 14.0. The molecular formula is C29H47N3O4. The first-order chi connectivity index (χ1) is 16.9. The van der Waals surface area contributed by atoms with Crippen molar-refractivity contribution in [1.82, 2.24) is 10.2 Å². The first kappa shape index (κ1) is 27.3. The molecule has 4 aliphatic rings. The Morgan fingerprint density at radius 3 is 2.61 bits per heavy atom. The lowest BCUT2D eigenvalue weighted by molar-refractivity contribution is -0.117. The molecule has 0 aliphatic heterocycles. The van der Waals surface area contributed by atoms with Crippen molar-refractivity contribution in [3.05, 3.63) is 11.6 Å². The molecule has 0 aromatic carbocycles. The Bertz CT molecular complexity index is 922. The van der Waals surface area contributed by atoms with Crippen LogP contribution in [0.1, 0.15) is 92.9 Å². The van der Waals surface area contributed by atoms with Crippen LogP contribution in [0.2, 0.25) is 0 Å². The second kappa shape index (κ2) is 10.2. The number of allylic oxidation sites excluding steroid dienone is 1. The number of nitrogens with one attached hydrogen (secondary N) is 1. The summed E-state index contributed by atoms with van der Waals surface area (Å²) >= 11 is 0. The van der Waals surface area contributed by atoms with Gasteiger partial charge >= 0.3 is 6.09 Å². The monoisotopic (exact) mass is 501 g/mol. The van der Waals surface area contributed by atoms with Gasteiger partial charge in [0.15, 0.2) is 5.78 Å². The van der Waals surface area contributed by atoms with E-state index < -0.39 is 12.8 Å². The van der Waals surface area contributed by atoms with Gasteiger partial charge in [-0.15, -0.1) is 0 Å². The highest BCUT2D eigenvalue weighted by Gasteiger charge is 2.59. The van der Waals surface area contributed by atoms with Crippen molar-refractivity contribution in [2.75, 3.05) is 19.8 Å². The van der Waals surface area contributed by atoms with Crippen LogP contribution in [0.3, 0.4) is 0 Å². The number of rotatable bonds is 6. The van der Waals surface area contributed by atoms with Crippen LogP contribution in [0, 0.1) is 34.5 Å². The van der Waals surface area contributed by atoms with Gasteiger partial charge in [0.1, 0.15) is 6.73 Å². The van der Waals surface area contributed by atoms with Crippen molar-refractivity contribution in [1.29, 1.82) is 0 Å². The normalized spacial score (nSPS) is 36.5. The number of aliphatic hydroxyl groups excluding tert-OH is 1. The molecule has 3 saturated carbocycles. The minimum absolute atomic E-state index is 0.0603. The number of carbonyl (C=O) groups is 2. The molecule has 1 amide bonds. The molecule has 0 bridgehead atoms. The fraction of sp³-hybridized carbons (Fsp3) is 0.828. The van der Waals surface area contributed by atoms with Crippen LogP contribution >= 0.6 is 0 Å². The third-order valence-corrected chi connectivity index (χ3v) is 10.2. The number of oxime groups is 1. The van der Waals surface area contributed by atoms with Crippen molar-refractivity contribution in [2.45, 2.75) is 98.4 Å². The largest absolute Gasteiger partial charge is 0.437 e. The average molecular weight is 502 g/mol. The molecule has 2 N–H and O–H groups in total. The summed E-state index contributed by atoms with van der Waals surface area (Å²) in [5, 5.41) is 17.3. The van der Waals surface area contributed by atoms with Gasteiger partial charge in [-0.1, -0.05) is 24.6 Å². The summed E-state index contributed by atoms with van der Waals surface area (Å²) in [6, 6.07) is 0. The van der Waals surface area contributed by atoms with E-state index in [1.165, 1.54) is 29.7 Å². The SMILES string of the molecule is C/C(=N\OC(=O)N(CO)CCNC(C)(C)C)[C@H]1CC[C@H]2[C@@H]3CCC4=CC(=O)CC[C@]4(C)[C@H]3CC[C@]12C. The molecule has 0 radical (unpaired) electrons. The van der Waals surface area contributed by atoms with Crippen molar-refractivity contribution < 1.29 is 19.5 Å². The Morgan fingerprint density at radius 1 is 1.17 bits per heavy atom. The van der Waals surface area contributed by atoms with E-state index in [1.807, 2.05) is 13.0 Å². The Morgan fingerprint density at radius 2 is 1.92 bits per heavy atom. The molecule has 0 heterocycles. The molecule has 7 heteroatoms. The van der Waals surface area contributed by atoms with E-state index in [-0.39, 0.29) is 16.4 Å². The number of hydrogen-bond donors (Lipinski definition) is 2. The number of nitrogens with zero attached hydrogens (tertiary/aromatic N) is 2. The Balaban J connectivity index is 1.41. The van der Waals surface area contributed by atoms with Gasteiger partial charge < -0.3 is 10.4 Å². The van der Waals surface area contributed by atoms with E-state index in [9.17, 15) is 14.7 Å². The molecule has 0 aromatic heterocycles. The fourth-order valence-corrected chi connectivity index (χ4v) is 8.26. The highest BCUT2D eigenvalue weighted by Crippen LogP contribution is 2.66. The van der Waals surface area contributed by atoms with Crippen molar-refractivity contribution >= 4 is 17.6 Å². The molecule has 6 atom stereocenters. The minimum Gasteiger partial charge on any atom is -0.376 e. The maximum atomic E-state index is 12.6. The zero-order chi connectivity index (χ0) is 26.3. The summed E-state index contributed by atoms with van der Waals surface area (Å²) in [4.78, 5) is 31.3. The number of ketones is 1. The topological polar surface area (TPSA) is 91.2 Å². The highest BCUT2D eigenvalue weighted by molar-refractivity contribution is 5.91. The molecule has 4 aliphatic carbocycles. The van der Waals surface area contributed by atoms with Gasteiger partial charge in [-0.2, -0.15) is 0 Å². The number of fused-ring (bicyclic) bond motifs is 5. The third-order valence-electron chi connectivity index (χ3n) is 10.2. The fourth-order valence-electron chi connectivity index (χ4n) is 8.26. The predicted molar refractivity (Wildman–Crippen MR) is 141 cm³/mol. The lowest BCUT2D eigenvalue weighted by atomic mass is 9.46. The van der Waals surface area contributed by atoms with E-state index in [2.05, 4.69) is 45.1 Å². The minimum atomic E-state index is -0.609. The van der Waals surface area contributed by atoms with Gasteiger partial charge in [0.25, 0.3) is 0 Å². The lowest BCUT2D eigenvalue weighted by Gasteiger charge is -2.58. The van der Waals surface area contributed by atoms with Crippen LogP contribution in [-0.4, -0.2) is 53.0 Å². The van der Waals surface area contributed by atoms with E-state index in [0.717, 1.165) is 31.4 Å². The van der Waals surface area contributed by atoms with Crippen molar-refractivity contribution in [2.24, 2.45) is 39.7 Å². The molecule has 3 fully saturated rings. The van der Waals surface area contributed by atoms with Crippen LogP contribution < -0.4 is 5.32 Å². The van der Waals surface area contributed by atoms with Crippen molar-refractivity contribution in [3.8, 4) is 0 Å². The van der Waals surface area contributed by atoms with Gasteiger partial charge in [0, 0.05) is 31.0 Å². The van der Waals surface area contributed by atoms with E-state index in [0.29, 0.717) is 49.0 Å². The smallest absolute Gasteiger partial charge is 0.376 e. The number of aliphatic hydroxyl groups is 1. The summed E-state index contributed by atoms with van der Waals surface area (Å²) in [5.41, 5.74) is 2.59. The molecule has 0 spiro atoms. The molecule has 0 aromatic rings. The standard InChI is InChI=1S/C29H47N3O4/c1-19(31-36-26(35)32(18-33)16-15-30-27(2,3)4)23-9-10-24-22-8-7-20-17-21(34)11-13-28(20,5)25(22)12-14-29(23,24)6/h17,22-25,30,33H,7-16,18H2,1-6H3/b31-19+/t22-,23+,24-,25-,28-,29+/m0/s1. The third kappa shape index (κ3) is 5.15. The maximum absolute atomic E-state index is 12.6. The molecule has 0 saturated heterocycles. The Labute approximate surface area is 217 Å². The second-order valence-corrected chi connectivity index (χ2v) is 13.3. The van der Waals surface area contributed by atoms with Crippen LogP contribution in [-0.2, 0) is 9.63 Å². The number of carbonyl (C=O) groups excluding carboxylic acids is 2. The first-order valence-electron chi connectivity index (χ1n) is 14.0. The molecule has 0 unspecified atom stereocenters. The summed E-state index contributed by atoms with van der Waals surface area (Å²) in [7, 11) is 0. The second-order valence-electron chi connectivity index (χ2n) is 13.3. The van der Waals surface area contributed by atoms with Crippen LogP contribution in [0.4, 0.5) is 4.79 Å². The zero-order valence-electron chi connectivity index (χ0n) is 23.2. The Kier molecular flexibility index (Phi) is 7.74. The highest BCUT2D eigenvalue weighted by atomic mass is 16.7. The quantitative estimate of drug-likeness (QED) is 0.223. The van der Waals surface area contributed by atoms with E-state index in [4.69, 9.17) is 4.84 Å². The van der Waals surface area contributed by atoms with Crippen LogP contribution in [0.25, 0.3) is 0 Å². The predicted octanol–water partition coefficient (Wildman–Crippen LogP) is 5.29. The molecule has 4 rings (SSSR count). The van der Waals surface area contributed by atoms with Gasteiger partial charge in [-0.05, 0) is 107 Å². The van der Waals surface area contributed by atoms with Crippen LogP contribution in [0.15, 0.2) is 16.8 Å². The summed E-state index contributed by atoms with van der Waals surface area (Å²) < 4.78 is 0. The van der Waals surface area contributed by atoms with Gasteiger partial charge in [-0.25, -0.2) is 4.79 Å². The van der Waals surface area contributed by atoms with Crippen molar-refractivity contribution in [3.63, 3.8) is 0 Å². The Hall–Kier alpha value is -1.73. The summed E-state index contributed by atoms with van der Waals surface area (Å²) in [6.45, 7) is 13.6.